The number of carbonyl (C=O) groups excluding carboxylic acids is 1. The quantitative estimate of drug-likeness (QED) is 0.416. The largest absolute Gasteiger partial charge is 0.460 e. The fraction of sp³-hybridized carbons (Fsp3) is 0.571. The SMILES string of the molecule is C=C(CCN)C(=O)OCCO. The van der Waals surface area contributed by atoms with Crippen LogP contribution in [0.25, 0.3) is 0 Å². The highest BCUT2D eigenvalue weighted by molar-refractivity contribution is 5.87. The molecule has 0 bridgehead atoms. The number of esters is 1. The standard InChI is InChI=1S/C7H13NO3/c1-6(2-3-8)7(10)11-5-4-9/h9H,1-5,8H2. The Bertz CT molecular complexity index is 145. The van der Waals surface area contributed by atoms with E-state index in [1.165, 1.54) is 0 Å². The molecule has 0 heterocycles. The van der Waals surface area contributed by atoms with E-state index in [0.717, 1.165) is 0 Å². The van der Waals surface area contributed by atoms with Crippen LogP contribution >= 0.6 is 0 Å². The Hall–Kier alpha value is -0.870. The van der Waals surface area contributed by atoms with Crippen molar-refractivity contribution in [3.8, 4) is 0 Å². The molecule has 0 aliphatic carbocycles. The number of nitrogens with two attached hydrogens (primary N) is 1. The van der Waals surface area contributed by atoms with Crippen LogP contribution in [0.5, 0.6) is 0 Å². The van der Waals surface area contributed by atoms with Crippen molar-refractivity contribution in [1.29, 1.82) is 0 Å². The van der Waals surface area contributed by atoms with Gasteiger partial charge in [0.25, 0.3) is 0 Å². The average Bonchev–Trinajstić information content (AvgIpc) is 2.00. The zero-order valence-corrected chi connectivity index (χ0v) is 6.38. The van der Waals surface area contributed by atoms with Crippen LogP contribution in [0.15, 0.2) is 12.2 Å². The van der Waals surface area contributed by atoms with Crippen LogP contribution < -0.4 is 5.73 Å². The predicted octanol–water partition coefficient (Wildman–Crippen LogP) is -0.573. The van der Waals surface area contributed by atoms with E-state index in [1.54, 1.807) is 0 Å². The molecule has 0 spiro atoms. The van der Waals surface area contributed by atoms with E-state index in [2.05, 4.69) is 11.3 Å². The molecular formula is C7H13NO3. The third kappa shape index (κ3) is 4.52. The molecule has 11 heavy (non-hydrogen) atoms. The lowest BCUT2D eigenvalue weighted by Gasteiger charge is -2.03. The normalized spacial score (nSPS) is 9.27. The van der Waals surface area contributed by atoms with Gasteiger partial charge in [0.15, 0.2) is 0 Å². The summed E-state index contributed by atoms with van der Waals surface area (Å²) in [5, 5.41) is 8.30. The molecule has 0 aromatic carbocycles. The zero-order valence-electron chi connectivity index (χ0n) is 6.38. The Balaban J connectivity index is 3.56. The highest BCUT2D eigenvalue weighted by Crippen LogP contribution is 1.98. The second-order valence-corrected chi connectivity index (χ2v) is 2.00. The molecule has 4 heteroatoms. The maximum atomic E-state index is 10.8. The van der Waals surface area contributed by atoms with Crippen molar-refractivity contribution in [2.45, 2.75) is 6.42 Å². The van der Waals surface area contributed by atoms with Gasteiger partial charge in [0.2, 0.25) is 0 Å². The molecule has 0 fully saturated rings. The lowest BCUT2D eigenvalue weighted by Crippen LogP contribution is -2.13. The van der Waals surface area contributed by atoms with Gasteiger partial charge in [-0.15, -0.1) is 0 Å². The van der Waals surface area contributed by atoms with Gasteiger partial charge < -0.3 is 15.6 Å². The minimum absolute atomic E-state index is 0.0163. The Labute approximate surface area is 65.6 Å². The number of aliphatic hydroxyl groups is 1. The molecule has 0 amide bonds. The Morgan fingerprint density at radius 2 is 2.27 bits per heavy atom. The molecule has 0 rings (SSSR count). The number of aliphatic hydroxyl groups excluding tert-OH is 1. The van der Waals surface area contributed by atoms with Gasteiger partial charge in [0.05, 0.1) is 6.61 Å². The summed E-state index contributed by atoms with van der Waals surface area (Å²) < 4.78 is 4.56. The molecule has 0 aliphatic rings. The van der Waals surface area contributed by atoms with Gasteiger partial charge in [0, 0.05) is 5.57 Å². The van der Waals surface area contributed by atoms with Crippen molar-refractivity contribution in [3.63, 3.8) is 0 Å². The molecular weight excluding hydrogens is 146 g/mol. The van der Waals surface area contributed by atoms with Crippen molar-refractivity contribution >= 4 is 5.97 Å². The highest BCUT2D eigenvalue weighted by atomic mass is 16.5. The summed E-state index contributed by atoms with van der Waals surface area (Å²) in [5.74, 6) is -0.482. The predicted molar refractivity (Wildman–Crippen MR) is 40.9 cm³/mol. The summed E-state index contributed by atoms with van der Waals surface area (Å²) in [6.45, 7) is 3.69. The van der Waals surface area contributed by atoms with Crippen LogP contribution in [-0.4, -0.2) is 30.8 Å². The van der Waals surface area contributed by atoms with Crippen molar-refractivity contribution in [1.82, 2.24) is 0 Å². The minimum atomic E-state index is -0.482. The molecule has 0 atom stereocenters. The van der Waals surface area contributed by atoms with E-state index in [1.807, 2.05) is 0 Å². The first-order valence-corrected chi connectivity index (χ1v) is 3.38. The summed E-state index contributed by atoms with van der Waals surface area (Å²) in [7, 11) is 0. The molecule has 0 aliphatic heterocycles. The molecule has 0 unspecified atom stereocenters. The number of ether oxygens (including phenoxy) is 1. The lowest BCUT2D eigenvalue weighted by molar-refractivity contribution is -0.140. The summed E-state index contributed by atoms with van der Waals surface area (Å²) in [5.41, 5.74) is 5.53. The second-order valence-electron chi connectivity index (χ2n) is 2.00. The zero-order chi connectivity index (χ0) is 8.69. The van der Waals surface area contributed by atoms with E-state index < -0.39 is 5.97 Å². The summed E-state index contributed by atoms with van der Waals surface area (Å²) in [6, 6.07) is 0. The van der Waals surface area contributed by atoms with Gasteiger partial charge in [-0.3, -0.25) is 0 Å². The lowest BCUT2D eigenvalue weighted by atomic mass is 10.2. The number of hydrogen-bond donors (Lipinski definition) is 2. The van der Waals surface area contributed by atoms with Gasteiger partial charge in [-0.2, -0.15) is 0 Å². The fourth-order valence-electron chi connectivity index (χ4n) is 0.517. The van der Waals surface area contributed by atoms with Crippen LogP contribution in [0.4, 0.5) is 0 Å². The fourth-order valence-corrected chi connectivity index (χ4v) is 0.517. The van der Waals surface area contributed by atoms with Crippen molar-refractivity contribution < 1.29 is 14.6 Å². The van der Waals surface area contributed by atoms with E-state index in [4.69, 9.17) is 10.8 Å². The van der Waals surface area contributed by atoms with Gasteiger partial charge in [-0.25, -0.2) is 4.79 Å². The number of hydrogen-bond acceptors (Lipinski definition) is 4. The van der Waals surface area contributed by atoms with Crippen molar-refractivity contribution in [2.75, 3.05) is 19.8 Å². The van der Waals surface area contributed by atoms with E-state index in [0.29, 0.717) is 18.5 Å². The molecule has 0 saturated heterocycles. The van der Waals surface area contributed by atoms with Crippen LogP contribution in [0.3, 0.4) is 0 Å². The summed E-state index contributed by atoms with van der Waals surface area (Å²) in [4.78, 5) is 10.8. The molecule has 64 valence electrons. The third-order valence-electron chi connectivity index (χ3n) is 1.06. The first-order valence-electron chi connectivity index (χ1n) is 3.38. The number of carbonyl (C=O) groups is 1. The molecule has 0 radical (unpaired) electrons. The topological polar surface area (TPSA) is 72.6 Å². The van der Waals surface area contributed by atoms with Gasteiger partial charge in [-0.05, 0) is 13.0 Å². The summed E-state index contributed by atoms with van der Waals surface area (Å²) in [6.07, 6.45) is 0.435. The molecule has 0 aromatic rings. The Kier molecular flexibility index (Phi) is 5.42. The maximum Gasteiger partial charge on any atom is 0.333 e. The van der Waals surface area contributed by atoms with Crippen molar-refractivity contribution in [3.05, 3.63) is 12.2 Å². The van der Waals surface area contributed by atoms with E-state index in [9.17, 15) is 4.79 Å². The van der Waals surface area contributed by atoms with Crippen LogP contribution in [0, 0.1) is 0 Å². The molecule has 4 nitrogen and oxygen atoms in total. The first kappa shape index (κ1) is 10.1. The van der Waals surface area contributed by atoms with Gasteiger partial charge >= 0.3 is 5.97 Å². The third-order valence-corrected chi connectivity index (χ3v) is 1.06. The Morgan fingerprint density at radius 3 is 2.73 bits per heavy atom. The number of rotatable bonds is 5. The molecule has 3 N–H and O–H groups in total. The van der Waals surface area contributed by atoms with Crippen LogP contribution in [0.1, 0.15) is 6.42 Å². The molecule has 0 saturated carbocycles. The van der Waals surface area contributed by atoms with Gasteiger partial charge in [0.1, 0.15) is 6.61 Å². The first-order chi connectivity index (χ1) is 5.22. The van der Waals surface area contributed by atoms with Crippen LogP contribution in [-0.2, 0) is 9.53 Å². The highest BCUT2D eigenvalue weighted by Gasteiger charge is 2.05. The van der Waals surface area contributed by atoms with Gasteiger partial charge in [-0.1, -0.05) is 6.58 Å². The second kappa shape index (κ2) is 5.88. The van der Waals surface area contributed by atoms with E-state index in [-0.39, 0.29) is 13.2 Å². The van der Waals surface area contributed by atoms with Crippen molar-refractivity contribution in [2.24, 2.45) is 5.73 Å². The monoisotopic (exact) mass is 159 g/mol. The maximum absolute atomic E-state index is 10.8. The van der Waals surface area contributed by atoms with E-state index >= 15 is 0 Å². The Morgan fingerprint density at radius 1 is 1.64 bits per heavy atom. The van der Waals surface area contributed by atoms with Crippen LogP contribution in [0.2, 0.25) is 0 Å². The summed E-state index contributed by atoms with van der Waals surface area (Å²) >= 11 is 0. The smallest absolute Gasteiger partial charge is 0.333 e. The minimum Gasteiger partial charge on any atom is -0.460 e. The molecule has 0 aromatic heterocycles. The average molecular weight is 159 g/mol.